The molecule has 0 radical (unpaired) electrons. The molecule has 4 heteroatoms. The standard InChI is InChI=1S/C19H19FINO/c20-15-9-3-1-7-13(15)19(14-8-2-6-12-18(14)23)22-17-11-5-4-10-16(17)21/h1,3-5,7,9-11,14,19,22H,2,6,8,12H2/t14-,19-/m0/s1. The molecule has 120 valence electrons. The highest BCUT2D eigenvalue weighted by Crippen LogP contribution is 2.36. The lowest BCUT2D eigenvalue weighted by Crippen LogP contribution is -2.31. The number of hydrogen-bond acceptors (Lipinski definition) is 2. The van der Waals surface area contributed by atoms with Gasteiger partial charge in [-0.2, -0.15) is 0 Å². The molecule has 0 aliphatic heterocycles. The highest BCUT2D eigenvalue weighted by molar-refractivity contribution is 14.1. The van der Waals surface area contributed by atoms with Gasteiger partial charge in [-0.1, -0.05) is 36.8 Å². The first kappa shape index (κ1) is 16.4. The highest BCUT2D eigenvalue weighted by atomic mass is 127. The Balaban J connectivity index is 1.98. The second kappa shape index (κ2) is 7.43. The molecule has 2 nitrogen and oxygen atoms in total. The van der Waals surface area contributed by atoms with E-state index in [0.717, 1.165) is 28.5 Å². The fourth-order valence-electron chi connectivity index (χ4n) is 3.23. The third kappa shape index (κ3) is 3.74. The van der Waals surface area contributed by atoms with E-state index in [1.807, 2.05) is 30.3 Å². The third-order valence-corrected chi connectivity index (χ3v) is 5.37. The van der Waals surface area contributed by atoms with Crippen LogP contribution in [0.15, 0.2) is 48.5 Å². The zero-order valence-corrected chi connectivity index (χ0v) is 14.9. The van der Waals surface area contributed by atoms with Crippen LogP contribution in [-0.2, 0) is 4.79 Å². The topological polar surface area (TPSA) is 29.1 Å². The molecule has 2 aromatic rings. The monoisotopic (exact) mass is 423 g/mol. The lowest BCUT2D eigenvalue weighted by Gasteiger charge is -2.31. The van der Waals surface area contributed by atoms with Crippen LogP contribution in [0.2, 0.25) is 0 Å². The number of hydrogen-bond donors (Lipinski definition) is 1. The molecule has 0 unspecified atom stereocenters. The summed E-state index contributed by atoms with van der Waals surface area (Å²) in [6.45, 7) is 0. The van der Waals surface area contributed by atoms with Crippen LogP contribution in [0.3, 0.4) is 0 Å². The number of ketones is 1. The lowest BCUT2D eigenvalue weighted by molar-refractivity contribution is -0.125. The quantitative estimate of drug-likeness (QED) is 0.673. The van der Waals surface area contributed by atoms with Gasteiger partial charge in [0.1, 0.15) is 11.6 Å². The van der Waals surface area contributed by atoms with Gasteiger partial charge in [0.15, 0.2) is 0 Å². The maximum Gasteiger partial charge on any atom is 0.138 e. The second-order valence-corrected chi connectivity index (χ2v) is 7.10. The molecule has 2 atom stereocenters. The summed E-state index contributed by atoms with van der Waals surface area (Å²) < 4.78 is 15.4. The first-order chi connectivity index (χ1) is 11.2. The van der Waals surface area contributed by atoms with E-state index in [0.29, 0.717) is 12.0 Å². The van der Waals surface area contributed by atoms with Gasteiger partial charge in [0.2, 0.25) is 0 Å². The van der Waals surface area contributed by atoms with E-state index in [-0.39, 0.29) is 23.6 Å². The Morgan fingerprint density at radius 2 is 1.83 bits per heavy atom. The molecule has 2 aromatic carbocycles. The second-order valence-electron chi connectivity index (χ2n) is 5.94. The van der Waals surface area contributed by atoms with Crippen molar-refractivity contribution in [1.82, 2.24) is 0 Å². The van der Waals surface area contributed by atoms with Crippen LogP contribution in [0, 0.1) is 15.3 Å². The van der Waals surface area contributed by atoms with Crippen molar-refractivity contribution in [3.8, 4) is 0 Å². The van der Waals surface area contributed by atoms with Crippen LogP contribution in [0.1, 0.15) is 37.3 Å². The average molecular weight is 423 g/mol. The van der Waals surface area contributed by atoms with E-state index in [2.05, 4.69) is 27.9 Å². The number of rotatable bonds is 4. The molecule has 0 spiro atoms. The van der Waals surface area contributed by atoms with Gasteiger partial charge in [0, 0.05) is 27.2 Å². The molecule has 1 fully saturated rings. The van der Waals surface area contributed by atoms with Gasteiger partial charge in [-0.3, -0.25) is 4.79 Å². The fourth-order valence-corrected chi connectivity index (χ4v) is 3.77. The number of nitrogens with one attached hydrogen (secondary N) is 1. The molecule has 0 saturated heterocycles. The number of halogens is 2. The number of benzene rings is 2. The third-order valence-electron chi connectivity index (χ3n) is 4.43. The Kier molecular flexibility index (Phi) is 5.30. The van der Waals surface area contributed by atoms with Crippen molar-refractivity contribution in [2.24, 2.45) is 5.92 Å². The van der Waals surface area contributed by atoms with E-state index < -0.39 is 0 Å². The molecule has 0 aromatic heterocycles. The van der Waals surface area contributed by atoms with Gasteiger partial charge in [0.05, 0.1) is 6.04 Å². The summed E-state index contributed by atoms with van der Waals surface area (Å²) in [6, 6.07) is 14.3. The molecule has 1 saturated carbocycles. The van der Waals surface area contributed by atoms with Crippen LogP contribution in [0.4, 0.5) is 10.1 Å². The SMILES string of the molecule is O=C1CCCC[C@@H]1[C@@H](Nc1ccccc1I)c1ccccc1F. The minimum atomic E-state index is -0.320. The minimum absolute atomic E-state index is 0.170. The molecule has 0 heterocycles. The summed E-state index contributed by atoms with van der Waals surface area (Å²) >= 11 is 2.26. The molecule has 23 heavy (non-hydrogen) atoms. The van der Waals surface area contributed by atoms with E-state index in [4.69, 9.17) is 0 Å². The molecule has 0 bridgehead atoms. The van der Waals surface area contributed by atoms with Crippen LogP contribution in [-0.4, -0.2) is 5.78 Å². The molecule has 3 rings (SSSR count). The molecule has 1 aliphatic carbocycles. The smallest absolute Gasteiger partial charge is 0.138 e. The molecular formula is C19H19FINO. The van der Waals surface area contributed by atoms with Crippen molar-refractivity contribution in [3.63, 3.8) is 0 Å². The van der Waals surface area contributed by atoms with Crippen LogP contribution < -0.4 is 5.32 Å². The van der Waals surface area contributed by atoms with Crippen molar-refractivity contribution in [2.75, 3.05) is 5.32 Å². The molecule has 1 N–H and O–H groups in total. The van der Waals surface area contributed by atoms with E-state index >= 15 is 0 Å². The molecular weight excluding hydrogens is 404 g/mol. The summed E-state index contributed by atoms with van der Waals surface area (Å²) in [4.78, 5) is 12.4. The Labute approximate surface area is 149 Å². The predicted octanol–water partition coefficient (Wildman–Crippen LogP) is 5.34. The van der Waals surface area contributed by atoms with E-state index in [9.17, 15) is 9.18 Å². The van der Waals surface area contributed by atoms with Gasteiger partial charge in [-0.05, 0) is 53.6 Å². The van der Waals surface area contributed by atoms with Gasteiger partial charge >= 0.3 is 0 Å². The summed E-state index contributed by atoms with van der Waals surface area (Å²) in [6.07, 6.45) is 3.38. The van der Waals surface area contributed by atoms with Gasteiger partial charge in [-0.15, -0.1) is 0 Å². The van der Waals surface area contributed by atoms with Crippen molar-refractivity contribution < 1.29 is 9.18 Å². The van der Waals surface area contributed by atoms with E-state index in [1.54, 1.807) is 12.1 Å². The summed E-state index contributed by atoms with van der Waals surface area (Å²) in [5, 5.41) is 3.44. The summed E-state index contributed by atoms with van der Waals surface area (Å²) in [5.41, 5.74) is 1.52. The number of carbonyl (C=O) groups excluding carboxylic acids is 1. The summed E-state index contributed by atoms with van der Waals surface area (Å²) in [5.74, 6) is -0.186. The van der Waals surface area contributed by atoms with Crippen molar-refractivity contribution in [3.05, 3.63) is 63.5 Å². The molecule has 1 aliphatic rings. The zero-order valence-electron chi connectivity index (χ0n) is 12.8. The number of Topliss-reactive ketones (excluding diaryl/α,β-unsaturated/α-hetero) is 1. The number of carbonyl (C=O) groups is 1. The van der Waals surface area contributed by atoms with Crippen molar-refractivity contribution in [1.29, 1.82) is 0 Å². The Morgan fingerprint density at radius 1 is 1.09 bits per heavy atom. The Bertz CT molecular complexity index is 703. The van der Waals surface area contributed by atoms with Gasteiger partial charge < -0.3 is 5.32 Å². The van der Waals surface area contributed by atoms with E-state index in [1.165, 1.54) is 6.07 Å². The van der Waals surface area contributed by atoms with Crippen molar-refractivity contribution in [2.45, 2.75) is 31.7 Å². The number of anilines is 1. The maximum absolute atomic E-state index is 14.4. The van der Waals surface area contributed by atoms with Gasteiger partial charge in [-0.25, -0.2) is 4.39 Å². The van der Waals surface area contributed by atoms with Crippen molar-refractivity contribution >= 4 is 34.1 Å². The average Bonchev–Trinajstić information content (AvgIpc) is 2.56. The molecule has 0 amide bonds. The lowest BCUT2D eigenvalue weighted by atomic mass is 9.80. The first-order valence-electron chi connectivity index (χ1n) is 7.95. The Morgan fingerprint density at radius 3 is 2.57 bits per heavy atom. The van der Waals surface area contributed by atoms with Crippen LogP contribution >= 0.6 is 22.6 Å². The fraction of sp³-hybridized carbons (Fsp3) is 0.316. The highest BCUT2D eigenvalue weighted by Gasteiger charge is 2.33. The zero-order chi connectivity index (χ0) is 16.2. The largest absolute Gasteiger partial charge is 0.377 e. The normalized spacial score (nSPS) is 19.4. The van der Waals surface area contributed by atoms with Crippen LogP contribution in [0.25, 0.3) is 0 Å². The van der Waals surface area contributed by atoms with Crippen LogP contribution in [0.5, 0.6) is 0 Å². The maximum atomic E-state index is 14.4. The Hall–Kier alpha value is -1.43. The van der Waals surface area contributed by atoms with Gasteiger partial charge in [0.25, 0.3) is 0 Å². The summed E-state index contributed by atoms with van der Waals surface area (Å²) in [7, 11) is 0. The number of para-hydroxylation sites is 1. The predicted molar refractivity (Wildman–Crippen MR) is 98.9 cm³/mol. The first-order valence-corrected chi connectivity index (χ1v) is 9.03. The minimum Gasteiger partial charge on any atom is -0.377 e.